The summed E-state index contributed by atoms with van der Waals surface area (Å²) < 4.78 is 0. The zero-order valence-electron chi connectivity index (χ0n) is 8.55. The Morgan fingerprint density at radius 2 is 1.93 bits per heavy atom. The van der Waals surface area contributed by atoms with E-state index in [0.29, 0.717) is 0 Å². The van der Waals surface area contributed by atoms with Crippen LogP contribution < -0.4 is 0 Å². The molecule has 0 bridgehead atoms. The van der Waals surface area contributed by atoms with Crippen molar-refractivity contribution in [2.45, 2.75) is 6.92 Å². The predicted molar refractivity (Wildman–Crippen MR) is 60.4 cm³/mol. The van der Waals surface area contributed by atoms with Gasteiger partial charge in [-0.1, -0.05) is 11.6 Å². The Balaban J connectivity index is 0.00000112. The number of benzene rings is 1. The molecule has 0 N–H and O–H groups in total. The molecule has 1 nitrogen and oxygen atoms in total. The van der Waals surface area contributed by atoms with Gasteiger partial charge in [-0.2, -0.15) is 0 Å². The standard InChI is InChI=1S/C12H10ClN.Y/c1-7-4-5-10-11(9(7)3)12(13)8(2)6-14-10;/h4-6H,1,3H2,2H3;/q-2;. The summed E-state index contributed by atoms with van der Waals surface area (Å²) in [4.78, 5) is 4.29. The molecule has 15 heavy (non-hydrogen) atoms. The third-order valence-corrected chi connectivity index (χ3v) is 2.84. The van der Waals surface area contributed by atoms with Gasteiger partial charge in [0.15, 0.2) is 0 Å². The van der Waals surface area contributed by atoms with Crippen LogP contribution in [-0.2, 0) is 32.7 Å². The van der Waals surface area contributed by atoms with Crippen LogP contribution in [-0.4, -0.2) is 4.98 Å². The van der Waals surface area contributed by atoms with Crippen molar-refractivity contribution in [3.05, 3.63) is 53.9 Å². The topological polar surface area (TPSA) is 12.9 Å². The Morgan fingerprint density at radius 3 is 2.60 bits per heavy atom. The maximum absolute atomic E-state index is 6.20. The van der Waals surface area contributed by atoms with Gasteiger partial charge in [0.05, 0.1) is 0 Å². The van der Waals surface area contributed by atoms with Crippen molar-refractivity contribution in [3.8, 4) is 0 Å². The minimum atomic E-state index is 0. The Labute approximate surface area is 120 Å². The molecule has 1 heterocycles. The summed E-state index contributed by atoms with van der Waals surface area (Å²) in [5.41, 5.74) is 3.60. The van der Waals surface area contributed by atoms with Gasteiger partial charge in [-0.25, -0.2) is 6.07 Å². The molecule has 1 radical (unpaired) electrons. The molecule has 3 heteroatoms. The number of pyridine rings is 1. The first-order valence-electron chi connectivity index (χ1n) is 4.33. The fourth-order valence-corrected chi connectivity index (χ4v) is 1.71. The number of hydrogen-bond donors (Lipinski definition) is 0. The van der Waals surface area contributed by atoms with Gasteiger partial charge in [-0.05, 0) is 23.0 Å². The fourth-order valence-electron chi connectivity index (χ4n) is 1.45. The van der Waals surface area contributed by atoms with Gasteiger partial charge >= 0.3 is 0 Å². The van der Waals surface area contributed by atoms with E-state index in [1.54, 1.807) is 6.20 Å². The zero-order chi connectivity index (χ0) is 10.3. The van der Waals surface area contributed by atoms with Crippen molar-refractivity contribution < 1.29 is 32.7 Å². The molecule has 0 saturated carbocycles. The molecule has 75 valence electrons. The van der Waals surface area contributed by atoms with Crippen molar-refractivity contribution in [2.75, 3.05) is 0 Å². The molecule has 0 aliphatic heterocycles. The molecule has 0 aliphatic carbocycles. The monoisotopic (exact) mass is 292 g/mol. The Kier molecular flexibility index (Phi) is 4.05. The van der Waals surface area contributed by atoms with Gasteiger partial charge in [-0.15, -0.1) is 11.5 Å². The van der Waals surface area contributed by atoms with Crippen molar-refractivity contribution in [1.29, 1.82) is 0 Å². The van der Waals surface area contributed by atoms with Crippen LogP contribution in [0.3, 0.4) is 0 Å². The number of nitrogens with zero attached hydrogens (tertiary/aromatic N) is 1. The summed E-state index contributed by atoms with van der Waals surface area (Å²) in [5.74, 6) is 0. The van der Waals surface area contributed by atoms with Gasteiger partial charge in [0, 0.05) is 38.9 Å². The van der Waals surface area contributed by atoms with Gasteiger partial charge in [0.1, 0.15) is 0 Å². The summed E-state index contributed by atoms with van der Waals surface area (Å²) in [6, 6.07) is 3.82. The number of fused-ring (bicyclic) bond motifs is 1. The summed E-state index contributed by atoms with van der Waals surface area (Å²) in [5, 5.41) is 1.64. The number of aromatic nitrogens is 1. The molecule has 1 aromatic heterocycles. The maximum atomic E-state index is 6.20. The predicted octanol–water partition coefficient (Wildman–Crippen LogP) is 3.56. The van der Waals surface area contributed by atoms with Crippen LogP contribution in [0.4, 0.5) is 0 Å². The van der Waals surface area contributed by atoms with Gasteiger partial charge in [0.2, 0.25) is 0 Å². The van der Waals surface area contributed by atoms with Crippen LogP contribution in [0.1, 0.15) is 16.7 Å². The van der Waals surface area contributed by atoms with Crippen LogP contribution in [0.5, 0.6) is 0 Å². The molecule has 0 unspecified atom stereocenters. The second-order valence-electron chi connectivity index (χ2n) is 3.35. The van der Waals surface area contributed by atoms with Gasteiger partial charge in [0.25, 0.3) is 0 Å². The van der Waals surface area contributed by atoms with E-state index in [-0.39, 0.29) is 32.7 Å². The Morgan fingerprint density at radius 1 is 1.27 bits per heavy atom. The van der Waals surface area contributed by atoms with E-state index in [0.717, 1.165) is 32.6 Å². The second-order valence-corrected chi connectivity index (χ2v) is 3.73. The molecular weight excluding hydrogens is 282 g/mol. The molecular formula is C12H10ClNY-2. The van der Waals surface area contributed by atoms with Crippen molar-refractivity contribution in [1.82, 2.24) is 4.98 Å². The number of hydrogen-bond acceptors (Lipinski definition) is 1. The first-order chi connectivity index (χ1) is 6.61. The zero-order valence-corrected chi connectivity index (χ0v) is 12.1. The Bertz CT molecular complexity index is 466. The quantitative estimate of drug-likeness (QED) is 0.677. The van der Waals surface area contributed by atoms with E-state index in [9.17, 15) is 0 Å². The van der Waals surface area contributed by atoms with Crippen LogP contribution in [0.2, 0.25) is 5.02 Å². The Hall–Kier alpha value is -0.236. The van der Waals surface area contributed by atoms with Crippen molar-refractivity contribution in [3.63, 3.8) is 0 Å². The third kappa shape index (κ3) is 2.15. The summed E-state index contributed by atoms with van der Waals surface area (Å²) >= 11 is 6.20. The smallest absolute Gasteiger partial charge is 0.0294 e. The fraction of sp³-hybridized carbons (Fsp3) is 0.0833. The molecule has 0 saturated heterocycles. The molecule has 2 rings (SSSR count). The summed E-state index contributed by atoms with van der Waals surface area (Å²) in [6.45, 7) is 9.79. The number of halogens is 1. The number of aryl methyl sites for hydroxylation is 1. The molecule has 0 aliphatic rings. The van der Waals surface area contributed by atoms with E-state index in [1.165, 1.54) is 0 Å². The normalized spacial score (nSPS) is 10.0. The van der Waals surface area contributed by atoms with Crippen LogP contribution in [0, 0.1) is 20.8 Å². The first kappa shape index (κ1) is 12.8. The molecule has 0 fully saturated rings. The van der Waals surface area contributed by atoms with E-state index < -0.39 is 0 Å². The van der Waals surface area contributed by atoms with E-state index in [2.05, 4.69) is 18.8 Å². The second kappa shape index (κ2) is 4.73. The summed E-state index contributed by atoms with van der Waals surface area (Å²) in [7, 11) is 0. The SMILES string of the molecule is [CH2-]c1ccc2ncc(C)c(Cl)c2c1[CH2-].[Y]. The van der Waals surface area contributed by atoms with Gasteiger partial charge in [-0.3, -0.25) is 30.0 Å². The maximum Gasteiger partial charge on any atom is 0.0294 e. The first-order valence-corrected chi connectivity index (χ1v) is 4.71. The molecule has 0 amide bonds. The molecule has 1 aromatic carbocycles. The largest absolute Gasteiger partial charge is 0.299 e. The minimum Gasteiger partial charge on any atom is -0.299 e. The van der Waals surface area contributed by atoms with Crippen molar-refractivity contribution >= 4 is 22.5 Å². The van der Waals surface area contributed by atoms with Crippen molar-refractivity contribution in [2.24, 2.45) is 0 Å². The van der Waals surface area contributed by atoms with Crippen LogP contribution >= 0.6 is 11.6 Å². The average molecular weight is 293 g/mol. The third-order valence-electron chi connectivity index (χ3n) is 2.35. The molecule has 2 aromatic rings. The van der Waals surface area contributed by atoms with Crippen LogP contribution in [0.25, 0.3) is 10.9 Å². The number of rotatable bonds is 0. The molecule has 0 spiro atoms. The minimum absolute atomic E-state index is 0. The average Bonchev–Trinajstić information content (AvgIpc) is 2.17. The van der Waals surface area contributed by atoms with Gasteiger partial charge < -0.3 is 0 Å². The summed E-state index contributed by atoms with van der Waals surface area (Å²) in [6.07, 6.45) is 1.77. The van der Waals surface area contributed by atoms with Crippen LogP contribution in [0.15, 0.2) is 18.3 Å². The molecule has 0 atom stereocenters. The van der Waals surface area contributed by atoms with E-state index >= 15 is 0 Å². The van der Waals surface area contributed by atoms with E-state index in [4.69, 9.17) is 11.6 Å². The van der Waals surface area contributed by atoms with E-state index in [1.807, 2.05) is 19.1 Å².